The van der Waals surface area contributed by atoms with Gasteiger partial charge in [-0.15, -0.1) is 0 Å². The zero-order chi connectivity index (χ0) is 10.7. The third-order valence-electron chi connectivity index (χ3n) is 2.39. The van der Waals surface area contributed by atoms with Gasteiger partial charge in [-0.2, -0.15) is 0 Å². The maximum atomic E-state index is 2.28. The Balaban J connectivity index is 2.15. The van der Waals surface area contributed by atoms with Crippen LogP contribution in [0.5, 0.6) is 0 Å². The summed E-state index contributed by atoms with van der Waals surface area (Å²) in [6.07, 6.45) is 0. The molecule has 0 nitrogen and oxygen atoms in total. The fourth-order valence-corrected chi connectivity index (χ4v) is 4.29. The second kappa shape index (κ2) is 4.84. The predicted octanol–water partition coefficient (Wildman–Crippen LogP) is 1.96. The molecule has 72 valence electrons. The van der Waals surface area contributed by atoms with Gasteiger partial charge in [0.1, 0.15) is 0 Å². The van der Waals surface area contributed by atoms with Crippen molar-refractivity contribution in [2.24, 2.45) is 0 Å². The van der Waals surface area contributed by atoms with Crippen LogP contribution in [0.3, 0.4) is 0 Å². The van der Waals surface area contributed by atoms with E-state index in [0.717, 1.165) is 0 Å². The Labute approximate surface area is 102 Å². The van der Waals surface area contributed by atoms with Gasteiger partial charge in [0.15, 0.2) is 0 Å². The van der Waals surface area contributed by atoms with Gasteiger partial charge in [0.2, 0.25) is 0 Å². The Morgan fingerprint density at radius 3 is 1.27 bits per heavy atom. The second-order valence-corrected chi connectivity index (χ2v) is 7.87. The molecule has 0 saturated carbocycles. The van der Waals surface area contributed by atoms with Gasteiger partial charge in [-0.3, -0.25) is 0 Å². The average Bonchev–Trinajstić information content (AvgIpc) is 2.25. The molecule has 0 aliphatic heterocycles. The van der Waals surface area contributed by atoms with Crippen LogP contribution >= 0.6 is 0 Å². The second-order valence-electron chi connectivity index (χ2n) is 3.86. The zero-order valence-electron chi connectivity index (χ0n) is 9.12. The summed E-state index contributed by atoms with van der Waals surface area (Å²) in [4.78, 5) is 0. The van der Waals surface area contributed by atoms with Crippen molar-refractivity contribution in [3.63, 3.8) is 0 Å². The van der Waals surface area contributed by atoms with Gasteiger partial charge in [0.25, 0.3) is 0 Å². The molecule has 15 heavy (non-hydrogen) atoms. The van der Waals surface area contributed by atoms with Crippen LogP contribution in [0.1, 0.15) is 11.1 Å². The van der Waals surface area contributed by atoms with Gasteiger partial charge in [-0.05, 0) is 0 Å². The quantitative estimate of drug-likeness (QED) is 0.744. The van der Waals surface area contributed by atoms with E-state index in [9.17, 15) is 0 Å². The molecule has 0 N–H and O–H groups in total. The van der Waals surface area contributed by atoms with Crippen molar-refractivity contribution >= 4 is 28.3 Å². The Kier molecular flexibility index (Phi) is 3.47. The fraction of sp³-hybridized carbons (Fsp3) is 0.143. The topological polar surface area (TPSA) is 0 Å². The molecule has 0 unspecified atom stereocenters. The molecule has 0 fully saturated rings. The fourth-order valence-electron chi connectivity index (χ4n) is 1.44. The molecule has 2 aromatic rings. The average molecular weight is 301 g/mol. The summed E-state index contributed by atoms with van der Waals surface area (Å²) in [5, 5.41) is 0. The molecule has 0 aliphatic rings. The van der Waals surface area contributed by atoms with Gasteiger partial charge < -0.3 is 0 Å². The Hall–Kier alpha value is -0.761. The molecule has 0 amide bonds. The predicted molar refractivity (Wildman–Crippen MR) is 67.4 cm³/mol. The van der Waals surface area contributed by atoms with Crippen LogP contribution in [0, 0.1) is 13.8 Å². The summed E-state index contributed by atoms with van der Waals surface area (Å²) in [5.74, 6) is 0. The molecular formula is C14H14Sn+2. The summed E-state index contributed by atoms with van der Waals surface area (Å²) in [6.45, 7) is 4.28. The molecule has 0 aromatic heterocycles. The minimum atomic E-state index is -0.556. The van der Waals surface area contributed by atoms with Crippen molar-refractivity contribution in [3.8, 4) is 0 Å². The van der Waals surface area contributed by atoms with Gasteiger partial charge >= 0.3 is 102 Å². The van der Waals surface area contributed by atoms with Crippen LogP contribution in [0.15, 0.2) is 48.5 Å². The first-order chi connectivity index (χ1) is 7.24. The molecule has 2 aromatic carbocycles. The first-order valence-corrected chi connectivity index (χ1v) is 8.00. The first-order valence-electron chi connectivity index (χ1n) is 5.14. The van der Waals surface area contributed by atoms with E-state index in [2.05, 4.69) is 62.4 Å². The van der Waals surface area contributed by atoms with Crippen molar-refractivity contribution in [3.05, 3.63) is 59.7 Å². The van der Waals surface area contributed by atoms with Crippen molar-refractivity contribution in [1.82, 2.24) is 0 Å². The normalized spacial score (nSPS) is 9.73. The van der Waals surface area contributed by atoms with E-state index in [-0.39, 0.29) is 0 Å². The van der Waals surface area contributed by atoms with E-state index in [1.54, 1.807) is 7.16 Å². The Morgan fingerprint density at radius 1 is 0.600 bits per heavy atom. The maximum absolute atomic E-state index is 2.28. The number of aryl methyl sites for hydroxylation is 2. The number of hydrogen-bond acceptors (Lipinski definition) is 0. The van der Waals surface area contributed by atoms with Gasteiger partial charge in [-0.25, -0.2) is 0 Å². The van der Waals surface area contributed by atoms with Gasteiger partial charge in [-0.1, -0.05) is 0 Å². The molecule has 0 radical (unpaired) electrons. The van der Waals surface area contributed by atoms with Crippen molar-refractivity contribution < 1.29 is 0 Å². The molecule has 1 heteroatoms. The standard InChI is InChI=1S/2C7H7.Sn/c2*1-7-5-3-2-4-6-7;/h2*3-6H,1H3;/q;;+2. The van der Waals surface area contributed by atoms with Gasteiger partial charge in [0, 0.05) is 0 Å². The van der Waals surface area contributed by atoms with E-state index in [4.69, 9.17) is 0 Å². The summed E-state index contributed by atoms with van der Waals surface area (Å²) in [6, 6.07) is 18.0. The van der Waals surface area contributed by atoms with Crippen LogP contribution in [0.4, 0.5) is 0 Å². The Bertz CT molecular complexity index is 382. The van der Waals surface area contributed by atoms with Crippen LogP contribution in [0.25, 0.3) is 0 Å². The van der Waals surface area contributed by atoms with Crippen molar-refractivity contribution in [2.45, 2.75) is 13.8 Å². The third-order valence-corrected chi connectivity index (χ3v) is 5.94. The summed E-state index contributed by atoms with van der Waals surface area (Å²) < 4.78 is 3.10. The van der Waals surface area contributed by atoms with E-state index in [0.29, 0.717) is 0 Å². The Morgan fingerprint density at radius 2 is 0.933 bits per heavy atom. The van der Waals surface area contributed by atoms with E-state index in [1.807, 2.05) is 0 Å². The van der Waals surface area contributed by atoms with Crippen molar-refractivity contribution in [1.29, 1.82) is 0 Å². The molecule has 0 heterocycles. The monoisotopic (exact) mass is 302 g/mol. The number of benzene rings is 2. The van der Waals surface area contributed by atoms with E-state index >= 15 is 0 Å². The minimum absolute atomic E-state index is 0.556. The molecule has 2 rings (SSSR count). The molecule has 0 saturated heterocycles. The number of rotatable bonds is 2. The molecular weight excluding hydrogens is 287 g/mol. The molecule has 0 spiro atoms. The van der Waals surface area contributed by atoms with Crippen LogP contribution in [-0.4, -0.2) is 21.1 Å². The van der Waals surface area contributed by atoms with Gasteiger partial charge in [0.05, 0.1) is 0 Å². The molecule has 0 bridgehead atoms. The zero-order valence-corrected chi connectivity index (χ0v) is 12.0. The third kappa shape index (κ3) is 3.10. The summed E-state index contributed by atoms with van der Waals surface area (Å²) in [5.41, 5.74) is 2.70. The number of hydrogen-bond donors (Lipinski definition) is 0. The van der Waals surface area contributed by atoms with E-state index < -0.39 is 21.1 Å². The van der Waals surface area contributed by atoms with Crippen LogP contribution in [0.2, 0.25) is 0 Å². The van der Waals surface area contributed by atoms with Crippen LogP contribution < -0.4 is 7.16 Å². The van der Waals surface area contributed by atoms with Crippen molar-refractivity contribution in [2.75, 3.05) is 0 Å². The van der Waals surface area contributed by atoms with Crippen LogP contribution in [-0.2, 0) is 0 Å². The summed E-state index contributed by atoms with van der Waals surface area (Å²) >= 11 is -0.556. The van der Waals surface area contributed by atoms with E-state index in [1.165, 1.54) is 11.1 Å². The molecule has 0 atom stereocenters. The first kappa shape index (κ1) is 10.7. The SMILES string of the molecule is Cc1cc[c]([Sn+2][c]2ccc(C)cc2)cc1. The summed E-state index contributed by atoms with van der Waals surface area (Å²) in [7, 11) is 0. The molecule has 0 aliphatic carbocycles.